The minimum absolute atomic E-state index is 0.145. The molecule has 9 nitrogen and oxygen atoms in total. The van der Waals surface area contributed by atoms with Crippen molar-refractivity contribution in [3.8, 4) is 0 Å². The SMILES string of the molecule is CCCNC(=O)N1CCCN(C(=O)c2cccnc2)C(c2nc(C)no2)C1. The second-order valence-electron chi connectivity index (χ2n) is 6.47. The summed E-state index contributed by atoms with van der Waals surface area (Å²) in [6, 6.07) is 2.80. The second kappa shape index (κ2) is 8.61. The standard InChI is InChI=1S/C18H24N6O3/c1-3-7-20-18(26)23-9-5-10-24(17(25)14-6-4-8-19-11-14)15(12-23)16-21-13(2)22-27-16/h4,6,8,11,15H,3,5,7,9-10,12H2,1-2H3,(H,20,26). The molecule has 3 rings (SSSR count). The molecule has 2 aromatic heterocycles. The first-order valence-corrected chi connectivity index (χ1v) is 9.14. The van der Waals surface area contributed by atoms with E-state index in [4.69, 9.17) is 4.52 Å². The lowest BCUT2D eigenvalue weighted by atomic mass is 10.1. The smallest absolute Gasteiger partial charge is 0.317 e. The molecule has 3 heterocycles. The van der Waals surface area contributed by atoms with E-state index >= 15 is 0 Å². The quantitative estimate of drug-likeness (QED) is 0.877. The molecule has 27 heavy (non-hydrogen) atoms. The molecule has 1 atom stereocenters. The molecule has 9 heteroatoms. The topological polar surface area (TPSA) is 104 Å². The Morgan fingerprint density at radius 2 is 2.22 bits per heavy atom. The largest absolute Gasteiger partial charge is 0.338 e. The van der Waals surface area contributed by atoms with Gasteiger partial charge in [-0.3, -0.25) is 9.78 Å². The summed E-state index contributed by atoms with van der Waals surface area (Å²) in [7, 11) is 0. The second-order valence-corrected chi connectivity index (χ2v) is 6.47. The van der Waals surface area contributed by atoms with E-state index in [9.17, 15) is 9.59 Å². The van der Waals surface area contributed by atoms with Gasteiger partial charge >= 0.3 is 6.03 Å². The highest BCUT2D eigenvalue weighted by Gasteiger charge is 2.35. The van der Waals surface area contributed by atoms with Crippen molar-refractivity contribution < 1.29 is 14.1 Å². The zero-order valence-corrected chi connectivity index (χ0v) is 15.6. The number of amides is 3. The number of carbonyl (C=O) groups excluding carboxylic acids is 2. The molecule has 0 saturated carbocycles. The van der Waals surface area contributed by atoms with E-state index in [1.807, 2.05) is 6.92 Å². The summed E-state index contributed by atoms with van der Waals surface area (Å²) in [5.41, 5.74) is 0.489. The average molecular weight is 372 g/mol. The molecule has 1 fully saturated rings. The fraction of sp³-hybridized carbons (Fsp3) is 0.500. The van der Waals surface area contributed by atoms with Gasteiger partial charge in [-0.15, -0.1) is 0 Å². The number of hydrogen-bond donors (Lipinski definition) is 1. The Morgan fingerprint density at radius 1 is 1.37 bits per heavy atom. The molecule has 0 spiro atoms. The van der Waals surface area contributed by atoms with E-state index in [1.165, 1.54) is 6.20 Å². The minimum Gasteiger partial charge on any atom is -0.338 e. The van der Waals surface area contributed by atoms with Crippen LogP contribution < -0.4 is 5.32 Å². The van der Waals surface area contributed by atoms with Crippen LogP contribution in [-0.4, -0.2) is 63.0 Å². The lowest BCUT2D eigenvalue weighted by Crippen LogP contribution is -2.44. The van der Waals surface area contributed by atoms with E-state index in [0.29, 0.717) is 49.9 Å². The first-order chi connectivity index (χ1) is 13.1. The van der Waals surface area contributed by atoms with Crippen molar-refractivity contribution in [1.29, 1.82) is 0 Å². The molecule has 0 radical (unpaired) electrons. The van der Waals surface area contributed by atoms with E-state index in [1.54, 1.807) is 35.1 Å². The number of urea groups is 1. The van der Waals surface area contributed by atoms with Crippen LogP contribution in [0.4, 0.5) is 4.79 Å². The maximum Gasteiger partial charge on any atom is 0.317 e. The number of aryl methyl sites for hydroxylation is 1. The van der Waals surface area contributed by atoms with Crippen molar-refractivity contribution in [1.82, 2.24) is 30.2 Å². The van der Waals surface area contributed by atoms with Crippen LogP contribution in [0, 0.1) is 6.92 Å². The Morgan fingerprint density at radius 3 is 2.89 bits per heavy atom. The first-order valence-electron chi connectivity index (χ1n) is 9.14. The van der Waals surface area contributed by atoms with Gasteiger partial charge in [0, 0.05) is 32.0 Å². The molecule has 0 bridgehead atoms. The van der Waals surface area contributed by atoms with Crippen LogP contribution in [0.2, 0.25) is 0 Å². The molecule has 144 valence electrons. The van der Waals surface area contributed by atoms with Gasteiger partial charge in [-0.25, -0.2) is 4.79 Å². The molecule has 0 aromatic carbocycles. The van der Waals surface area contributed by atoms with Crippen LogP contribution in [0.15, 0.2) is 29.0 Å². The summed E-state index contributed by atoms with van der Waals surface area (Å²) in [4.78, 5) is 37.3. The fourth-order valence-electron chi connectivity index (χ4n) is 3.07. The maximum absolute atomic E-state index is 13.1. The third-order valence-electron chi connectivity index (χ3n) is 4.41. The predicted octanol–water partition coefficient (Wildman–Crippen LogP) is 1.78. The van der Waals surface area contributed by atoms with Gasteiger partial charge < -0.3 is 19.6 Å². The van der Waals surface area contributed by atoms with Gasteiger partial charge in [0.2, 0.25) is 0 Å². The number of rotatable bonds is 4. The summed E-state index contributed by atoms with van der Waals surface area (Å²) in [5.74, 6) is 0.657. The van der Waals surface area contributed by atoms with Crippen LogP contribution in [0.5, 0.6) is 0 Å². The highest BCUT2D eigenvalue weighted by atomic mass is 16.5. The predicted molar refractivity (Wildman–Crippen MR) is 96.9 cm³/mol. The number of carbonyl (C=O) groups is 2. The number of hydrogen-bond acceptors (Lipinski definition) is 6. The van der Waals surface area contributed by atoms with Crippen molar-refractivity contribution in [2.75, 3.05) is 26.2 Å². The van der Waals surface area contributed by atoms with Crippen molar-refractivity contribution in [3.63, 3.8) is 0 Å². The zero-order valence-electron chi connectivity index (χ0n) is 15.6. The van der Waals surface area contributed by atoms with Crippen LogP contribution in [0.1, 0.15) is 47.9 Å². The average Bonchev–Trinajstić information content (AvgIpc) is 3.00. The molecule has 1 unspecified atom stereocenters. The molecular formula is C18H24N6O3. The van der Waals surface area contributed by atoms with Crippen molar-refractivity contribution in [3.05, 3.63) is 41.8 Å². The third kappa shape index (κ3) is 4.42. The van der Waals surface area contributed by atoms with Gasteiger partial charge in [0.1, 0.15) is 6.04 Å². The van der Waals surface area contributed by atoms with Crippen molar-refractivity contribution >= 4 is 11.9 Å². The van der Waals surface area contributed by atoms with Gasteiger partial charge in [-0.2, -0.15) is 4.98 Å². The summed E-state index contributed by atoms with van der Waals surface area (Å²) in [5, 5.41) is 6.74. The lowest BCUT2D eigenvalue weighted by Gasteiger charge is -2.29. The Kier molecular flexibility index (Phi) is 6.00. The van der Waals surface area contributed by atoms with Gasteiger partial charge in [-0.1, -0.05) is 12.1 Å². The number of nitrogens with zero attached hydrogens (tertiary/aromatic N) is 5. The van der Waals surface area contributed by atoms with Gasteiger partial charge in [0.05, 0.1) is 12.1 Å². The van der Waals surface area contributed by atoms with Crippen LogP contribution in [0.3, 0.4) is 0 Å². The number of pyridine rings is 1. The van der Waals surface area contributed by atoms with E-state index in [-0.39, 0.29) is 11.9 Å². The van der Waals surface area contributed by atoms with E-state index in [0.717, 1.165) is 6.42 Å². The molecule has 1 aliphatic heterocycles. The molecule has 3 amide bonds. The Balaban J connectivity index is 1.87. The molecular weight excluding hydrogens is 348 g/mol. The Bertz CT molecular complexity index is 778. The number of nitrogens with one attached hydrogen (secondary N) is 1. The summed E-state index contributed by atoms with van der Waals surface area (Å²) < 4.78 is 5.36. The third-order valence-corrected chi connectivity index (χ3v) is 4.41. The van der Waals surface area contributed by atoms with Gasteiger partial charge in [0.25, 0.3) is 11.8 Å². The lowest BCUT2D eigenvalue weighted by molar-refractivity contribution is 0.0639. The van der Waals surface area contributed by atoms with Crippen LogP contribution in [0.25, 0.3) is 0 Å². The summed E-state index contributed by atoms with van der Waals surface area (Å²) in [6.07, 6.45) is 4.68. The number of aromatic nitrogens is 3. The van der Waals surface area contributed by atoms with E-state index < -0.39 is 6.04 Å². The highest BCUT2D eigenvalue weighted by molar-refractivity contribution is 5.94. The van der Waals surface area contributed by atoms with Crippen LogP contribution in [-0.2, 0) is 0 Å². The van der Waals surface area contributed by atoms with Gasteiger partial charge in [0.15, 0.2) is 5.82 Å². The Hall–Kier alpha value is -2.97. The summed E-state index contributed by atoms with van der Waals surface area (Å²) in [6.45, 7) is 5.66. The van der Waals surface area contributed by atoms with Gasteiger partial charge in [-0.05, 0) is 31.9 Å². The van der Waals surface area contributed by atoms with Crippen molar-refractivity contribution in [2.24, 2.45) is 0 Å². The summed E-state index contributed by atoms with van der Waals surface area (Å²) >= 11 is 0. The van der Waals surface area contributed by atoms with Crippen molar-refractivity contribution in [2.45, 2.75) is 32.7 Å². The normalized spacial score (nSPS) is 17.5. The Labute approximate surface area is 157 Å². The first kappa shape index (κ1) is 18.8. The van der Waals surface area contributed by atoms with Crippen LogP contribution >= 0.6 is 0 Å². The molecule has 1 aliphatic rings. The molecule has 0 aliphatic carbocycles. The maximum atomic E-state index is 13.1. The molecule has 1 N–H and O–H groups in total. The zero-order chi connectivity index (χ0) is 19.2. The monoisotopic (exact) mass is 372 g/mol. The fourth-order valence-corrected chi connectivity index (χ4v) is 3.07. The molecule has 2 aromatic rings. The minimum atomic E-state index is -0.506. The van der Waals surface area contributed by atoms with E-state index in [2.05, 4.69) is 20.4 Å². The highest BCUT2D eigenvalue weighted by Crippen LogP contribution is 2.26. The molecule has 1 saturated heterocycles.